The summed E-state index contributed by atoms with van der Waals surface area (Å²) in [6.07, 6.45) is 1.45. The van der Waals surface area contributed by atoms with E-state index in [1.165, 1.54) is 0 Å². The first-order chi connectivity index (χ1) is 13.0. The van der Waals surface area contributed by atoms with Crippen LogP contribution in [-0.2, 0) is 9.59 Å². The lowest BCUT2D eigenvalue weighted by molar-refractivity contribution is -0.141. The number of anilines is 2. The normalized spacial score (nSPS) is 18.7. The van der Waals surface area contributed by atoms with Crippen molar-refractivity contribution >= 4 is 29.2 Å². The molecule has 2 aromatic rings. The average Bonchev–Trinajstić information content (AvgIpc) is 3.18. The van der Waals surface area contributed by atoms with Gasteiger partial charge in [0.2, 0.25) is 5.91 Å². The van der Waals surface area contributed by atoms with Crippen molar-refractivity contribution in [1.29, 1.82) is 0 Å². The molecule has 2 amide bonds. The Balaban J connectivity index is 1.68. The third kappa shape index (κ3) is 4.34. The van der Waals surface area contributed by atoms with E-state index in [4.69, 9.17) is 5.11 Å². The highest BCUT2D eigenvalue weighted by molar-refractivity contribution is 6.06. The largest absolute Gasteiger partial charge is 0.481 e. The van der Waals surface area contributed by atoms with Crippen LogP contribution in [0, 0.1) is 11.8 Å². The molecule has 6 nitrogen and oxygen atoms in total. The highest BCUT2D eigenvalue weighted by Crippen LogP contribution is 2.32. The molecule has 0 heterocycles. The molecule has 1 aliphatic carbocycles. The van der Waals surface area contributed by atoms with Crippen molar-refractivity contribution in [2.24, 2.45) is 11.8 Å². The number of carbonyl (C=O) groups is 3. The zero-order valence-electron chi connectivity index (χ0n) is 15.1. The first kappa shape index (κ1) is 18.6. The number of carboxylic acid groups (broad SMARTS) is 1. The van der Waals surface area contributed by atoms with E-state index in [-0.39, 0.29) is 17.7 Å². The number of hydrogen-bond acceptors (Lipinski definition) is 3. The lowest BCUT2D eigenvalue weighted by Crippen LogP contribution is -2.26. The molecule has 0 aliphatic heterocycles. The van der Waals surface area contributed by atoms with Crippen LogP contribution < -0.4 is 10.2 Å². The van der Waals surface area contributed by atoms with Gasteiger partial charge in [0.15, 0.2) is 0 Å². The molecule has 1 fully saturated rings. The second-order valence-electron chi connectivity index (χ2n) is 6.81. The predicted molar refractivity (Wildman–Crippen MR) is 103 cm³/mol. The summed E-state index contributed by atoms with van der Waals surface area (Å²) in [5.41, 5.74) is 1.78. The van der Waals surface area contributed by atoms with Gasteiger partial charge in [0.1, 0.15) is 0 Å². The number of aliphatic carboxylic acids is 1. The summed E-state index contributed by atoms with van der Waals surface area (Å²) in [6.45, 7) is 0. The highest BCUT2D eigenvalue weighted by Gasteiger charge is 2.33. The van der Waals surface area contributed by atoms with E-state index in [1.54, 1.807) is 36.2 Å². The predicted octanol–water partition coefficient (Wildman–Crippen LogP) is 3.40. The third-order valence-corrected chi connectivity index (χ3v) is 4.98. The molecule has 2 aromatic carbocycles. The smallest absolute Gasteiger partial charge is 0.306 e. The molecule has 0 aromatic heterocycles. The van der Waals surface area contributed by atoms with Crippen molar-refractivity contribution in [3.63, 3.8) is 0 Å². The van der Waals surface area contributed by atoms with Crippen LogP contribution in [0.3, 0.4) is 0 Å². The van der Waals surface area contributed by atoms with E-state index < -0.39 is 11.9 Å². The molecule has 1 saturated carbocycles. The lowest BCUT2D eigenvalue weighted by atomic mass is 10.0. The second-order valence-corrected chi connectivity index (χ2v) is 6.81. The maximum absolute atomic E-state index is 12.7. The minimum absolute atomic E-state index is 0.177. The number of carbonyl (C=O) groups excluding carboxylic acids is 2. The monoisotopic (exact) mass is 366 g/mol. The maximum Gasteiger partial charge on any atom is 0.306 e. The van der Waals surface area contributed by atoms with Gasteiger partial charge in [-0.1, -0.05) is 24.3 Å². The van der Waals surface area contributed by atoms with Gasteiger partial charge in [-0.3, -0.25) is 14.4 Å². The van der Waals surface area contributed by atoms with Gasteiger partial charge in [-0.2, -0.15) is 0 Å². The van der Waals surface area contributed by atoms with Gasteiger partial charge < -0.3 is 15.3 Å². The van der Waals surface area contributed by atoms with Crippen molar-refractivity contribution in [2.75, 3.05) is 17.3 Å². The Morgan fingerprint density at radius 1 is 1.00 bits per heavy atom. The molecule has 2 atom stereocenters. The van der Waals surface area contributed by atoms with Crippen LogP contribution in [0.25, 0.3) is 0 Å². The van der Waals surface area contributed by atoms with Gasteiger partial charge in [-0.05, 0) is 49.6 Å². The fourth-order valence-electron chi connectivity index (χ4n) is 3.38. The summed E-state index contributed by atoms with van der Waals surface area (Å²) < 4.78 is 0. The molecule has 140 valence electrons. The maximum atomic E-state index is 12.7. The van der Waals surface area contributed by atoms with Crippen LogP contribution in [0.1, 0.15) is 29.6 Å². The number of para-hydroxylation sites is 1. The van der Waals surface area contributed by atoms with Crippen LogP contribution in [0.5, 0.6) is 0 Å². The van der Waals surface area contributed by atoms with E-state index in [2.05, 4.69) is 5.32 Å². The zero-order valence-corrected chi connectivity index (χ0v) is 15.1. The Bertz CT molecular complexity index is 850. The zero-order chi connectivity index (χ0) is 19.4. The Morgan fingerprint density at radius 2 is 1.70 bits per heavy atom. The molecule has 0 bridgehead atoms. The van der Waals surface area contributed by atoms with Crippen LogP contribution in [0.4, 0.5) is 11.4 Å². The van der Waals surface area contributed by atoms with Gasteiger partial charge in [-0.25, -0.2) is 0 Å². The van der Waals surface area contributed by atoms with Gasteiger partial charge in [0.05, 0.1) is 5.92 Å². The van der Waals surface area contributed by atoms with Gasteiger partial charge in [-0.15, -0.1) is 0 Å². The summed E-state index contributed by atoms with van der Waals surface area (Å²) in [4.78, 5) is 37.7. The van der Waals surface area contributed by atoms with E-state index in [1.807, 2.05) is 30.3 Å². The van der Waals surface area contributed by atoms with Crippen molar-refractivity contribution in [3.05, 3.63) is 60.2 Å². The molecular formula is C21H22N2O4. The summed E-state index contributed by atoms with van der Waals surface area (Å²) in [5, 5.41) is 11.9. The fraction of sp³-hybridized carbons (Fsp3) is 0.286. The second kappa shape index (κ2) is 8.03. The first-order valence-electron chi connectivity index (χ1n) is 8.92. The number of amides is 2. The molecule has 27 heavy (non-hydrogen) atoms. The van der Waals surface area contributed by atoms with Crippen molar-refractivity contribution in [3.8, 4) is 0 Å². The van der Waals surface area contributed by atoms with E-state index in [0.29, 0.717) is 30.5 Å². The van der Waals surface area contributed by atoms with Crippen LogP contribution in [0.2, 0.25) is 0 Å². The molecule has 2 N–H and O–H groups in total. The lowest BCUT2D eigenvalue weighted by Gasteiger charge is -2.18. The topological polar surface area (TPSA) is 86.7 Å². The summed E-state index contributed by atoms with van der Waals surface area (Å²) in [5.74, 6) is -1.98. The SMILES string of the molecule is CN(C(=O)c1cccc(NC(=O)[C@@H]2CC[C@H](C(=O)O)C2)c1)c1ccccc1. The van der Waals surface area contributed by atoms with E-state index in [9.17, 15) is 14.4 Å². The number of hydrogen-bond donors (Lipinski definition) is 2. The molecular weight excluding hydrogens is 344 g/mol. The summed E-state index contributed by atoms with van der Waals surface area (Å²) >= 11 is 0. The van der Waals surface area contributed by atoms with Crippen molar-refractivity contribution in [2.45, 2.75) is 19.3 Å². The standard InChI is InChI=1S/C21H22N2O4/c1-23(18-8-3-2-4-9-18)20(25)15-6-5-7-17(13-15)22-19(24)14-10-11-16(12-14)21(26)27/h2-9,13-14,16H,10-12H2,1H3,(H,22,24)(H,26,27)/t14-,16+/m1/s1. The number of nitrogens with one attached hydrogen (secondary N) is 1. The quantitative estimate of drug-likeness (QED) is 0.849. The van der Waals surface area contributed by atoms with E-state index in [0.717, 1.165) is 5.69 Å². The molecule has 0 saturated heterocycles. The molecule has 0 radical (unpaired) electrons. The number of rotatable bonds is 5. The number of benzene rings is 2. The highest BCUT2D eigenvalue weighted by atomic mass is 16.4. The first-order valence-corrected chi connectivity index (χ1v) is 8.92. The van der Waals surface area contributed by atoms with Gasteiger partial charge in [0, 0.05) is 29.9 Å². The Hall–Kier alpha value is -3.15. The molecule has 6 heteroatoms. The Kier molecular flexibility index (Phi) is 5.54. The van der Waals surface area contributed by atoms with Crippen LogP contribution in [0.15, 0.2) is 54.6 Å². The van der Waals surface area contributed by atoms with E-state index >= 15 is 0 Å². The summed E-state index contributed by atoms with van der Waals surface area (Å²) in [6, 6.07) is 16.1. The van der Waals surface area contributed by atoms with Crippen molar-refractivity contribution in [1.82, 2.24) is 0 Å². The molecule has 0 spiro atoms. The minimum Gasteiger partial charge on any atom is -0.481 e. The summed E-state index contributed by atoms with van der Waals surface area (Å²) in [7, 11) is 1.70. The van der Waals surface area contributed by atoms with Crippen molar-refractivity contribution < 1.29 is 19.5 Å². The van der Waals surface area contributed by atoms with Gasteiger partial charge >= 0.3 is 5.97 Å². The minimum atomic E-state index is -0.846. The fourth-order valence-corrected chi connectivity index (χ4v) is 3.38. The Labute approximate surface area is 157 Å². The Morgan fingerprint density at radius 3 is 2.37 bits per heavy atom. The van der Waals surface area contributed by atoms with Gasteiger partial charge in [0.25, 0.3) is 5.91 Å². The molecule has 1 aliphatic rings. The average molecular weight is 366 g/mol. The molecule has 3 rings (SSSR count). The number of nitrogens with zero attached hydrogens (tertiary/aromatic N) is 1. The third-order valence-electron chi connectivity index (χ3n) is 4.98. The molecule has 0 unspecified atom stereocenters. The van der Waals surface area contributed by atoms with Crippen LogP contribution in [-0.4, -0.2) is 29.9 Å². The van der Waals surface area contributed by atoms with Crippen LogP contribution >= 0.6 is 0 Å². The number of carboxylic acids is 1.